The zero-order chi connectivity index (χ0) is 18.7. The Morgan fingerprint density at radius 1 is 1.31 bits per heavy atom. The molecule has 0 saturated heterocycles. The van der Waals surface area contributed by atoms with Gasteiger partial charge in [0, 0.05) is 26.2 Å². The number of nitrogens with one attached hydrogen (secondary N) is 1. The summed E-state index contributed by atoms with van der Waals surface area (Å²) in [6.07, 6.45) is 2.47. The SMILES string of the molecule is COc1ccc(S(=O)(=O)NCCc2nc(-c3cccs3)cn2C)cc1C. The molecule has 0 spiro atoms. The number of thiophene rings is 1. The first-order chi connectivity index (χ1) is 12.4. The van der Waals surface area contributed by atoms with E-state index in [1.54, 1.807) is 36.6 Å². The topological polar surface area (TPSA) is 73.2 Å². The lowest BCUT2D eigenvalue weighted by Crippen LogP contribution is -2.26. The Hall–Kier alpha value is -2.16. The summed E-state index contributed by atoms with van der Waals surface area (Å²) in [6, 6.07) is 8.82. The maximum atomic E-state index is 12.5. The molecule has 2 aromatic heterocycles. The first-order valence-electron chi connectivity index (χ1n) is 8.11. The maximum absolute atomic E-state index is 12.5. The average Bonchev–Trinajstić information content (AvgIpc) is 3.25. The molecule has 3 aromatic rings. The number of imidazole rings is 1. The van der Waals surface area contributed by atoms with Crippen molar-refractivity contribution in [2.75, 3.05) is 13.7 Å². The minimum Gasteiger partial charge on any atom is -0.496 e. The molecule has 26 heavy (non-hydrogen) atoms. The number of methoxy groups -OCH3 is 1. The Morgan fingerprint density at radius 3 is 2.77 bits per heavy atom. The highest BCUT2D eigenvalue weighted by Gasteiger charge is 2.16. The van der Waals surface area contributed by atoms with Gasteiger partial charge < -0.3 is 9.30 Å². The smallest absolute Gasteiger partial charge is 0.240 e. The number of ether oxygens (including phenoxy) is 1. The van der Waals surface area contributed by atoms with Gasteiger partial charge in [0.25, 0.3) is 0 Å². The number of aryl methyl sites for hydroxylation is 2. The number of hydrogen-bond donors (Lipinski definition) is 1. The number of hydrogen-bond acceptors (Lipinski definition) is 5. The fraction of sp³-hybridized carbons (Fsp3) is 0.278. The molecule has 0 unspecified atom stereocenters. The molecule has 1 N–H and O–H groups in total. The molecule has 138 valence electrons. The monoisotopic (exact) mass is 391 g/mol. The number of benzene rings is 1. The molecule has 8 heteroatoms. The lowest BCUT2D eigenvalue weighted by molar-refractivity contribution is 0.411. The second kappa shape index (κ2) is 7.61. The van der Waals surface area contributed by atoms with Crippen molar-refractivity contribution in [1.82, 2.24) is 14.3 Å². The van der Waals surface area contributed by atoms with E-state index in [1.165, 1.54) is 0 Å². The second-order valence-electron chi connectivity index (χ2n) is 5.91. The minimum atomic E-state index is -3.57. The van der Waals surface area contributed by atoms with Crippen LogP contribution in [0, 0.1) is 6.92 Å². The summed E-state index contributed by atoms with van der Waals surface area (Å²) in [6.45, 7) is 2.10. The van der Waals surface area contributed by atoms with Crippen LogP contribution < -0.4 is 9.46 Å². The van der Waals surface area contributed by atoms with Crippen LogP contribution >= 0.6 is 11.3 Å². The molecular weight excluding hydrogens is 370 g/mol. The van der Waals surface area contributed by atoms with Crippen LogP contribution in [0.5, 0.6) is 5.75 Å². The van der Waals surface area contributed by atoms with E-state index < -0.39 is 10.0 Å². The average molecular weight is 392 g/mol. The van der Waals surface area contributed by atoms with Crippen molar-refractivity contribution >= 4 is 21.4 Å². The summed E-state index contributed by atoms with van der Waals surface area (Å²) in [5, 5.41) is 2.01. The fourth-order valence-electron chi connectivity index (χ4n) is 2.68. The van der Waals surface area contributed by atoms with Crippen LogP contribution in [0.4, 0.5) is 0 Å². The van der Waals surface area contributed by atoms with Gasteiger partial charge in [-0.05, 0) is 42.1 Å². The molecule has 0 radical (unpaired) electrons. The van der Waals surface area contributed by atoms with Crippen molar-refractivity contribution in [3.8, 4) is 16.3 Å². The summed E-state index contributed by atoms with van der Waals surface area (Å²) in [7, 11) is -0.0887. The third-order valence-electron chi connectivity index (χ3n) is 4.06. The molecule has 0 fully saturated rings. The molecule has 0 atom stereocenters. The Bertz CT molecular complexity index is 993. The van der Waals surface area contributed by atoms with Crippen molar-refractivity contribution in [1.29, 1.82) is 0 Å². The third kappa shape index (κ3) is 3.98. The van der Waals surface area contributed by atoms with E-state index in [9.17, 15) is 8.42 Å². The van der Waals surface area contributed by atoms with E-state index in [0.29, 0.717) is 12.2 Å². The molecule has 0 aliphatic heterocycles. The second-order valence-corrected chi connectivity index (χ2v) is 8.62. The van der Waals surface area contributed by atoms with Crippen LogP contribution in [0.3, 0.4) is 0 Å². The number of sulfonamides is 1. The van der Waals surface area contributed by atoms with Gasteiger partial charge in [0.05, 0.1) is 22.6 Å². The summed E-state index contributed by atoms with van der Waals surface area (Å²) < 4.78 is 34.7. The van der Waals surface area contributed by atoms with Gasteiger partial charge in [-0.2, -0.15) is 0 Å². The molecular formula is C18H21N3O3S2. The molecule has 0 amide bonds. The van der Waals surface area contributed by atoms with Gasteiger partial charge in [0.2, 0.25) is 10.0 Å². The molecule has 0 aliphatic carbocycles. The van der Waals surface area contributed by atoms with Crippen molar-refractivity contribution in [2.45, 2.75) is 18.2 Å². The molecule has 6 nitrogen and oxygen atoms in total. The highest BCUT2D eigenvalue weighted by atomic mass is 32.2. The van der Waals surface area contributed by atoms with E-state index >= 15 is 0 Å². The Morgan fingerprint density at radius 2 is 2.12 bits per heavy atom. The van der Waals surface area contributed by atoms with Crippen molar-refractivity contribution < 1.29 is 13.2 Å². The molecule has 0 bridgehead atoms. The third-order valence-corrected chi connectivity index (χ3v) is 6.41. The summed E-state index contributed by atoms with van der Waals surface area (Å²) in [5.74, 6) is 1.50. The molecule has 3 rings (SSSR count). The summed E-state index contributed by atoms with van der Waals surface area (Å²) in [5.41, 5.74) is 1.69. The first-order valence-corrected chi connectivity index (χ1v) is 10.5. The van der Waals surface area contributed by atoms with Gasteiger partial charge in [0.1, 0.15) is 11.6 Å². The van der Waals surface area contributed by atoms with Gasteiger partial charge in [-0.3, -0.25) is 0 Å². The summed E-state index contributed by atoms with van der Waals surface area (Å²) in [4.78, 5) is 5.93. The van der Waals surface area contributed by atoms with Crippen LogP contribution in [0.1, 0.15) is 11.4 Å². The molecule has 2 heterocycles. The maximum Gasteiger partial charge on any atom is 0.240 e. The highest BCUT2D eigenvalue weighted by Crippen LogP contribution is 2.24. The van der Waals surface area contributed by atoms with Gasteiger partial charge in [-0.1, -0.05) is 6.07 Å². The number of aromatic nitrogens is 2. The Balaban J connectivity index is 1.67. The lowest BCUT2D eigenvalue weighted by atomic mass is 10.2. The Kier molecular flexibility index (Phi) is 5.45. The predicted molar refractivity (Wildman–Crippen MR) is 103 cm³/mol. The number of rotatable bonds is 7. The molecule has 0 aliphatic rings. The van der Waals surface area contributed by atoms with Crippen LogP contribution in [-0.2, 0) is 23.5 Å². The molecule has 1 aromatic carbocycles. The van der Waals surface area contributed by atoms with Crippen molar-refractivity contribution in [2.24, 2.45) is 7.05 Å². The minimum absolute atomic E-state index is 0.231. The van der Waals surface area contributed by atoms with Crippen LogP contribution in [0.2, 0.25) is 0 Å². The van der Waals surface area contributed by atoms with Gasteiger partial charge in [0.15, 0.2) is 0 Å². The van der Waals surface area contributed by atoms with Gasteiger partial charge in [-0.15, -0.1) is 11.3 Å². The predicted octanol–water partition coefficient (Wildman–Crippen LogP) is 2.99. The quantitative estimate of drug-likeness (QED) is 0.672. The van der Waals surface area contributed by atoms with Gasteiger partial charge in [-0.25, -0.2) is 18.1 Å². The van der Waals surface area contributed by atoms with E-state index in [2.05, 4.69) is 9.71 Å². The van der Waals surface area contributed by atoms with Crippen molar-refractivity contribution in [3.05, 3.63) is 53.3 Å². The zero-order valence-corrected chi connectivity index (χ0v) is 16.5. The van der Waals surface area contributed by atoms with Crippen LogP contribution in [0.25, 0.3) is 10.6 Å². The number of nitrogens with zero attached hydrogens (tertiary/aromatic N) is 2. The van der Waals surface area contributed by atoms with E-state index in [0.717, 1.165) is 22.0 Å². The van der Waals surface area contributed by atoms with E-state index in [4.69, 9.17) is 4.74 Å². The zero-order valence-electron chi connectivity index (χ0n) is 14.9. The van der Waals surface area contributed by atoms with Crippen molar-refractivity contribution in [3.63, 3.8) is 0 Å². The first kappa shape index (κ1) is 18.6. The van der Waals surface area contributed by atoms with Gasteiger partial charge >= 0.3 is 0 Å². The largest absolute Gasteiger partial charge is 0.496 e. The molecule has 0 saturated carbocycles. The summed E-state index contributed by atoms with van der Waals surface area (Å²) >= 11 is 1.63. The Labute approximate surface area is 157 Å². The van der Waals surface area contributed by atoms with Crippen LogP contribution in [0.15, 0.2) is 46.8 Å². The van der Waals surface area contributed by atoms with E-state index in [-0.39, 0.29) is 11.4 Å². The standard InChI is InChI=1S/C18H21N3O3S2/c1-13-11-14(6-7-16(13)24-3)26(22,23)19-9-8-18-20-15(12-21(18)2)17-5-4-10-25-17/h4-7,10-12,19H,8-9H2,1-3H3. The normalized spacial score (nSPS) is 11.7. The highest BCUT2D eigenvalue weighted by molar-refractivity contribution is 7.89. The van der Waals surface area contributed by atoms with Crippen LogP contribution in [-0.4, -0.2) is 31.6 Å². The van der Waals surface area contributed by atoms with E-state index in [1.807, 2.05) is 42.2 Å². The lowest BCUT2D eigenvalue weighted by Gasteiger charge is -2.09. The fourth-order valence-corrected chi connectivity index (χ4v) is 4.48.